The van der Waals surface area contributed by atoms with Gasteiger partial charge < -0.3 is 11.1 Å². The minimum absolute atomic E-state index is 0.0972. The van der Waals surface area contributed by atoms with Gasteiger partial charge in [0.25, 0.3) is 0 Å². The minimum Gasteiger partial charge on any atom is -0.354 e. The van der Waals surface area contributed by atoms with Gasteiger partial charge in [-0.25, -0.2) is 13.1 Å². The predicted octanol–water partition coefficient (Wildman–Crippen LogP) is -1.47. The van der Waals surface area contributed by atoms with Crippen LogP contribution in [0.1, 0.15) is 19.8 Å². The summed E-state index contributed by atoms with van der Waals surface area (Å²) >= 11 is 0. The van der Waals surface area contributed by atoms with Crippen LogP contribution in [0.15, 0.2) is 0 Å². The number of nitrogens with two attached hydrogens (primary N) is 1. The first-order valence-corrected chi connectivity index (χ1v) is 6.52. The molecule has 4 N–H and O–H groups in total. The van der Waals surface area contributed by atoms with Crippen LogP contribution in [0.2, 0.25) is 0 Å². The van der Waals surface area contributed by atoms with E-state index >= 15 is 0 Å². The molecule has 0 bridgehead atoms. The Morgan fingerprint density at radius 3 is 2.73 bits per heavy atom. The molecule has 0 aromatic carbocycles. The van der Waals surface area contributed by atoms with E-state index in [0.29, 0.717) is 13.0 Å². The van der Waals surface area contributed by atoms with E-state index in [4.69, 9.17) is 5.73 Å². The molecule has 1 saturated heterocycles. The van der Waals surface area contributed by atoms with Crippen molar-refractivity contribution in [2.75, 3.05) is 13.1 Å². The molecule has 6 nitrogen and oxygen atoms in total. The van der Waals surface area contributed by atoms with Gasteiger partial charge in [0.2, 0.25) is 15.9 Å². The first kappa shape index (κ1) is 12.4. The maximum absolute atomic E-state index is 11.7. The van der Waals surface area contributed by atoms with E-state index < -0.39 is 15.3 Å². The molecule has 7 heteroatoms. The van der Waals surface area contributed by atoms with E-state index in [1.54, 1.807) is 6.92 Å². The number of nitrogens with one attached hydrogen (secondary N) is 2. The third-order valence-electron chi connectivity index (χ3n) is 2.47. The van der Waals surface area contributed by atoms with Gasteiger partial charge in [-0.2, -0.15) is 0 Å². The molecule has 1 rings (SSSR count). The van der Waals surface area contributed by atoms with Gasteiger partial charge in [-0.05, 0) is 6.42 Å². The Kier molecular flexibility index (Phi) is 4.06. The van der Waals surface area contributed by atoms with Gasteiger partial charge in [-0.1, -0.05) is 6.92 Å². The summed E-state index contributed by atoms with van der Waals surface area (Å²) in [5.74, 6) is -0.122. The summed E-state index contributed by atoms with van der Waals surface area (Å²) in [5, 5.41) is 1.99. The molecule has 15 heavy (non-hydrogen) atoms. The number of carbonyl (C=O) groups is 1. The Hall–Kier alpha value is -0.660. The molecule has 88 valence electrons. The highest BCUT2D eigenvalue weighted by molar-refractivity contribution is 7.90. The normalized spacial score (nSPS) is 23.9. The van der Waals surface area contributed by atoms with Crippen molar-refractivity contribution in [1.82, 2.24) is 10.0 Å². The van der Waals surface area contributed by atoms with Gasteiger partial charge in [-0.15, -0.1) is 0 Å². The zero-order valence-corrected chi connectivity index (χ0v) is 9.51. The van der Waals surface area contributed by atoms with Crippen LogP contribution < -0.4 is 15.8 Å². The molecule has 0 saturated carbocycles. The van der Waals surface area contributed by atoms with Crippen LogP contribution in [0.4, 0.5) is 0 Å². The third-order valence-corrected chi connectivity index (χ3v) is 4.53. The topological polar surface area (TPSA) is 101 Å². The maximum atomic E-state index is 11.7. The van der Waals surface area contributed by atoms with Crippen LogP contribution >= 0.6 is 0 Å². The summed E-state index contributed by atoms with van der Waals surface area (Å²) in [7, 11) is -3.40. The zero-order chi connectivity index (χ0) is 11.5. The van der Waals surface area contributed by atoms with E-state index in [2.05, 4.69) is 10.0 Å². The van der Waals surface area contributed by atoms with Crippen molar-refractivity contribution in [1.29, 1.82) is 0 Å². The molecule has 0 radical (unpaired) electrons. The van der Waals surface area contributed by atoms with Crippen molar-refractivity contribution in [2.24, 2.45) is 5.73 Å². The third kappa shape index (κ3) is 3.15. The van der Waals surface area contributed by atoms with E-state index in [1.807, 2.05) is 0 Å². The van der Waals surface area contributed by atoms with Gasteiger partial charge in [0, 0.05) is 25.6 Å². The largest absolute Gasteiger partial charge is 0.354 e. The molecular weight excluding hydrogens is 218 g/mol. The van der Waals surface area contributed by atoms with Crippen LogP contribution in [-0.2, 0) is 14.8 Å². The van der Waals surface area contributed by atoms with Gasteiger partial charge in [-0.3, -0.25) is 4.79 Å². The van der Waals surface area contributed by atoms with Gasteiger partial charge in [0.15, 0.2) is 0 Å². The molecule has 1 aliphatic heterocycles. The minimum atomic E-state index is -3.40. The Bertz CT molecular complexity index is 324. The monoisotopic (exact) mass is 235 g/mol. The Labute approximate surface area is 89.6 Å². The highest BCUT2D eigenvalue weighted by Gasteiger charge is 2.29. The van der Waals surface area contributed by atoms with E-state index in [9.17, 15) is 13.2 Å². The van der Waals surface area contributed by atoms with Crippen LogP contribution in [0.3, 0.4) is 0 Å². The maximum Gasteiger partial charge on any atom is 0.221 e. The smallest absolute Gasteiger partial charge is 0.221 e. The standard InChI is InChI=1S/C8H17N3O3S/c1-2-7(4-9)15(13,14)11-6-3-8(12)10-5-6/h6-7,11H,2-5,9H2,1H3,(H,10,12). The average Bonchev–Trinajstić information content (AvgIpc) is 2.51. The molecule has 0 aromatic heterocycles. The fourth-order valence-electron chi connectivity index (χ4n) is 1.53. The Balaban J connectivity index is 2.59. The van der Waals surface area contributed by atoms with Crippen molar-refractivity contribution < 1.29 is 13.2 Å². The molecule has 2 unspecified atom stereocenters. The second-order valence-corrected chi connectivity index (χ2v) is 5.63. The number of amides is 1. The molecule has 1 heterocycles. The molecule has 0 aliphatic carbocycles. The average molecular weight is 235 g/mol. The zero-order valence-electron chi connectivity index (χ0n) is 8.69. The molecule has 1 fully saturated rings. The predicted molar refractivity (Wildman–Crippen MR) is 56.6 cm³/mol. The summed E-state index contributed by atoms with van der Waals surface area (Å²) in [6.07, 6.45) is 0.681. The van der Waals surface area contributed by atoms with Crippen LogP contribution in [0.25, 0.3) is 0 Å². The highest BCUT2D eigenvalue weighted by atomic mass is 32.2. The lowest BCUT2D eigenvalue weighted by Crippen LogP contribution is -2.44. The summed E-state index contributed by atoms with van der Waals surface area (Å²) in [6.45, 7) is 2.23. The van der Waals surface area contributed by atoms with Crippen LogP contribution in [-0.4, -0.2) is 38.7 Å². The second kappa shape index (κ2) is 4.91. The van der Waals surface area contributed by atoms with E-state index in [0.717, 1.165) is 0 Å². The SMILES string of the molecule is CCC(CN)S(=O)(=O)NC1CNC(=O)C1. The van der Waals surface area contributed by atoms with E-state index in [1.165, 1.54) is 0 Å². The molecule has 2 atom stereocenters. The van der Waals surface area contributed by atoms with Crippen molar-refractivity contribution in [3.63, 3.8) is 0 Å². The van der Waals surface area contributed by atoms with Crippen molar-refractivity contribution in [3.8, 4) is 0 Å². The second-order valence-electron chi connectivity index (χ2n) is 3.63. The number of hydrogen-bond acceptors (Lipinski definition) is 4. The highest BCUT2D eigenvalue weighted by Crippen LogP contribution is 2.07. The fourth-order valence-corrected chi connectivity index (χ4v) is 3.05. The number of sulfonamides is 1. The molecular formula is C8H17N3O3S. The summed E-state index contributed by atoms with van der Waals surface area (Å²) in [6, 6.07) is -0.330. The lowest BCUT2D eigenvalue weighted by molar-refractivity contribution is -0.119. The molecule has 0 spiro atoms. The van der Waals surface area contributed by atoms with Crippen molar-refractivity contribution in [2.45, 2.75) is 31.1 Å². The van der Waals surface area contributed by atoms with Crippen LogP contribution in [0.5, 0.6) is 0 Å². The van der Waals surface area contributed by atoms with Gasteiger partial charge >= 0.3 is 0 Å². The Morgan fingerprint density at radius 2 is 2.33 bits per heavy atom. The fraction of sp³-hybridized carbons (Fsp3) is 0.875. The van der Waals surface area contributed by atoms with Crippen molar-refractivity contribution in [3.05, 3.63) is 0 Å². The molecule has 1 aliphatic rings. The molecule has 1 amide bonds. The van der Waals surface area contributed by atoms with Gasteiger partial charge in [0.1, 0.15) is 0 Å². The quantitative estimate of drug-likeness (QED) is 0.541. The first-order chi connectivity index (χ1) is 6.99. The lowest BCUT2D eigenvalue weighted by atomic mass is 10.3. The first-order valence-electron chi connectivity index (χ1n) is 4.97. The van der Waals surface area contributed by atoms with E-state index in [-0.39, 0.29) is 24.9 Å². The number of carbonyl (C=O) groups excluding carboxylic acids is 1. The number of rotatable bonds is 5. The van der Waals surface area contributed by atoms with Crippen LogP contribution in [0, 0.1) is 0 Å². The lowest BCUT2D eigenvalue weighted by Gasteiger charge is -2.17. The van der Waals surface area contributed by atoms with Crippen molar-refractivity contribution >= 4 is 15.9 Å². The molecule has 0 aromatic rings. The summed E-state index contributed by atoms with van der Waals surface area (Å²) in [4.78, 5) is 10.9. The summed E-state index contributed by atoms with van der Waals surface area (Å²) in [5.41, 5.74) is 5.37. The summed E-state index contributed by atoms with van der Waals surface area (Å²) < 4.78 is 25.9. The number of hydrogen-bond donors (Lipinski definition) is 3. The van der Waals surface area contributed by atoms with Gasteiger partial charge in [0.05, 0.1) is 5.25 Å². The Morgan fingerprint density at radius 1 is 1.67 bits per heavy atom.